The van der Waals surface area contributed by atoms with Gasteiger partial charge in [-0.2, -0.15) is 0 Å². The van der Waals surface area contributed by atoms with Crippen molar-refractivity contribution in [3.8, 4) is 5.75 Å². The minimum absolute atomic E-state index is 0.121. The average Bonchev–Trinajstić information content (AvgIpc) is 2.44. The molecule has 0 saturated carbocycles. The second kappa shape index (κ2) is 8.52. The Morgan fingerprint density at radius 1 is 1.27 bits per heavy atom. The fraction of sp³-hybridized carbons (Fsp3) is 0.571. The fourth-order valence-electron chi connectivity index (χ4n) is 2.26. The first kappa shape index (κ1) is 18.1. The van der Waals surface area contributed by atoms with Crippen molar-refractivity contribution in [3.05, 3.63) is 27.7 Å². The summed E-state index contributed by atoms with van der Waals surface area (Å²) in [6.07, 6.45) is -0.143. The lowest BCUT2D eigenvalue weighted by Gasteiger charge is -2.24. The fourth-order valence-corrected chi connectivity index (χ4v) is 2.26. The molecule has 0 spiro atoms. The molecule has 0 fully saturated rings. The van der Waals surface area contributed by atoms with Crippen LogP contribution >= 0.6 is 0 Å². The van der Waals surface area contributed by atoms with Crippen LogP contribution in [0.25, 0.3) is 0 Å². The Labute approximate surface area is 127 Å². The number of carboxylic acid groups (broad SMARTS) is 1. The zero-order valence-electron chi connectivity index (χ0n) is 12.5. The molecule has 0 radical (unpaired) electrons. The van der Waals surface area contributed by atoms with Crippen LogP contribution in [0.1, 0.15) is 17.8 Å². The van der Waals surface area contributed by atoms with Gasteiger partial charge in [0, 0.05) is 37.9 Å². The van der Waals surface area contributed by atoms with Crippen molar-refractivity contribution in [2.45, 2.75) is 26.4 Å². The Morgan fingerprint density at radius 3 is 2.36 bits per heavy atom. The number of carbonyl (C=O) groups is 1. The van der Waals surface area contributed by atoms with Gasteiger partial charge in [0.1, 0.15) is 0 Å². The average molecular weight is 314 g/mol. The van der Waals surface area contributed by atoms with E-state index in [2.05, 4.69) is 0 Å². The maximum Gasteiger partial charge on any atom is 0.305 e. The van der Waals surface area contributed by atoms with Crippen LogP contribution in [0.5, 0.6) is 5.75 Å². The van der Waals surface area contributed by atoms with E-state index in [0.717, 1.165) is 0 Å². The van der Waals surface area contributed by atoms with Gasteiger partial charge in [0.25, 0.3) is 0 Å². The largest absolute Gasteiger partial charge is 0.503 e. The summed E-state index contributed by atoms with van der Waals surface area (Å²) in [5.41, 5.74) is 0.298. The summed E-state index contributed by atoms with van der Waals surface area (Å²) in [6.45, 7) is 2.18. The smallest absolute Gasteiger partial charge is 0.305 e. The molecule has 1 rings (SSSR count). The van der Waals surface area contributed by atoms with E-state index in [9.17, 15) is 14.7 Å². The molecule has 1 aromatic rings. The third-order valence-corrected chi connectivity index (χ3v) is 3.35. The number of aromatic hydroxyl groups is 1. The molecule has 124 valence electrons. The van der Waals surface area contributed by atoms with E-state index < -0.39 is 17.1 Å². The molecule has 0 bridgehead atoms. The van der Waals surface area contributed by atoms with Gasteiger partial charge in [-0.1, -0.05) is 0 Å². The van der Waals surface area contributed by atoms with E-state index in [1.807, 2.05) is 0 Å². The van der Waals surface area contributed by atoms with E-state index in [-0.39, 0.29) is 51.5 Å². The van der Waals surface area contributed by atoms with E-state index in [1.54, 1.807) is 16.4 Å². The van der Waals surface area contributed by atoms with Crippen LogP contribution in [-0.2, 0) is 17.9 Å². The van der Waals surface area contributed by atoms with Crippen LogP contribution in [0.4, 0.5) is 0 Å². The van der Waals surface area contributed by atoms with Gasteiger partial charge in [-0.3, -0.25) is 14.5 Å². The van der Waals surface area contributed by atoms with E-state index in [0.29, 0.717) is 5.69 Å². The molecule has 0 amide bonds. The Morgan fingerprint density at radius 2 is 1.86 bits per heavy atom. The molecule has 0 aromatic carbocycles. The Kier molecular flexibility index (Phi) is 7.03. The number of carboxylic acids is 1. The minimum Gasteiger partial charge on any atom is -0.503 e. The molecule has 8 heteroatoms. The summed E-state index contributed by atoms with van der Waals surface area (Å²) in [7, 11) is 0. The summed E-state index contributed by atoms with van der Waals surface area (Å²) in [5.74, 6) is -1.41. The summed E-state index contributed by atoms with van der Waals surface area (Å²) >= 11 is 0. The van der Waals surface area contributed by atoms with Gasteiger partial charge < -0.3 is 25.0 Å². The molecule has 0 atom stereocenters. The number of aliphatic hydroxyl groups is 2. The van der Waals surface area contributed by atoms with Gasteiger partial charge >= 0.3 is 5.97 Å². The van der Waals surface area contributed by atoms with Crippen molar-refractivity contribution in [1.82, 2.24) is 9.47 Å². The molecule has 0 unspecified atom stereocenters. The van der Waals surface area contributed by atoms with Crippen molar-refractivity contribution >= 4 is 5.97 Å². The molecule has 0 aliphatic heterocycles. The number of nitrogens with zero attached hydrogens (tertiary/aromatic N) is 2. The van der Waals surface area contributed by atoms with Crippen molar-refractivity contribution in [2.24, 2.45) is 0 Å². The van der Waals surface area contributed by atoms with Gasteiger partial charge in [-0.05, 0) is 6.92 Å². The van der Waals surface area contributed by atoms with Gasteiger partial charge in [-0.15, -0.1) is 0 Å². The molecule has 4 N–H and O–H groups in total. The lowest BCUT2D eigenvalue weighted by atomic mass is 10.2. The number of hydrogen-bond donors (Lipinski definition) is 4. The molecule has 8 nitrogen and oxygen atoms in total. The van der Waals surface area contributed by atoms with Crippen LogP contribution in [-0.4, -0.2) is 62.2 Å². The molecule has 1 aromatic heterocycles. The van der Waals surface area contributed by atoms with E-state index >= 15 is 0 Å². The first-order valence-corrected chi connectivity index (χ1v) is 6.98. The van der Waals surface area contributed by atoms with Crippen LogP contribution in [0.15, 0.2) is 10.9 Å². The summed E-state index contributed by atoms with van der Waals surface area (Å²) in [4.78, 5) is 24.2. The number of aliphatic carboxylic acids is 1. The zero-order valence-corrected chi connectivity index (χ0v) is 12.5. The summed E-state index contributed by atoms with van der Waals surface area (Å²) in [6, 6.07) is 1.25. The second-order valence-electron chi connectivity index (χ2n) is 4.96. The third kappa shape index (κ3) is 4.83. The predicted molar refractivity (Wildman–Crippen MR) is 78.8 cm³/mol. The highest BCUT2D eigenvalue weighted by Crippen LogP contribution is 2.17. The van der Waals surface area contributed by atoms with Crippen LogP contribution < -0.4 is 5.43 Å². The standard InChI is InChI=1S/C14H22N2O6/c1-10-8-12(19)14(22)11(16(10)3-2-13(20)21)9-15(4-6-17)5-7-18/h8,17-18,22H,2-7,9H2,1H3,(H,20,21). The third-order valence-electron chi connectivity index (χ3n) is 3.35. The molecule has 0 saturated heterocycles. The Hall–Kier alpha value is -1.90. The quantitative estimate of drug-likeness (QED) is 0.467. The molecular formula is C14H22N2O6. The summed E-state index contributed by atoms with van der Waals surface area (Å²) in [5, 5.41) is 36.9. The van der Waals surface area contributed by atoms with E-state index in [1.165, 1.54) is 6.07 Å². The molecule has 0 aliphatic rings. The number of aliphatic hydroxyl groups excluding tert-OH is 2. The Balaban J connectivity index is 3.17. The first-order valence-electron chi connectivity index (χ1n) is 6.98. The number of rotatable bonds is 9. The maximum atomic E-state index is 11.8. The normalized spacial score (nSPS) is 11.1. The van der Waals surface area contributed by atoms with Gasteiger partial charge in [0.2, 0.25) is 5.43 Å². The predicted octanol–water partition coefficient (Wildman–Crippen LogP) is -0.876. The van der Waals surface area contributed by atoms with Crippen molar-refractivity contribution in [3.63, 3.8) is 0 Å². The van der Waals surface area contributed by atoms with Crippen LogP contribution in [0.3, 0.4) is 0 Å². The van der Waals surface area contributed by atoms with Gasteiger partial charge in [0.05, 0.1) is 25.3 Å². The van der Waals surface area contributed by atoms with Crippen molar-refractivity contribution in [1.29, 1.82) is 0 Å². The zero-order chi connectivity index (χ0) is 16.7. The van der Waals surface area contributed by atoms with Crippen LogP contribution in [0, 0.1) is 6.92 Å². The molecule has 0 aliphatic carbocycles. The Bertz CT molecular complexity index is 563. The second-order valence-corrected chi connectivity index (χ2v) is 4.96. The number of hydrogen-bond acceptors (Lipinski definition) is 6. The SMILES string of the molecule is Cc1cc(=O)c(O)c(CN(CCO)CCO)n1CCC(=O)O. The van der Waals surface area contributed by atoms with Crippen molar-refractivity contribution in [2.75, 3.05) is 26.3 Å². The number of aryl methyl sites for hydroxylation is 1. The topological polar surface area (TPSA) is 123 Å². The monoisotopic (exact) mass is 314 g/mol. The highest BCUT2D eigenvalue weighted by atomic mass is 16.4. The van der Waals surface area contributed by atoms with Crippen molar-refractivity contribution < 1.29 is 25.2 Å². The van der Waals surface area contributed by atoms with Gasteiger partial charge in [-0.25, -0.2) is 0 Å². The van der Waals surface area contributed by atoms with Crippen LogP contribution in [0.2, 0.25) is 0 Å². The molecular weight excluding hydrogens is 292 g/mol. The van der Waals surface area contributed by atoms with Gasteiger partial charge in [0.15, 0.2) is 5.75 Å². The van der Waals surface area contributed by atoms with E-state index in [4.69, 9.17) is 15.3 Å². The number of pyridine rings is 1. The highest BCUT2D eigenvalue weighted by Gasteiger charge is 2.17. The molecule has 1 heterocycles. The maximum absolute atomic E-state index is 11.8. The number of aromatic nitrogens is 1. The lowest BCUT2D eigenvalue weighted by Crippen LogP contribution is -2.32. The highest BCUT2D eigenvalue weighted by molar-refractivity contribution is 5.66. The minimum atomic E-state index is -0.980. The summed E-state index contributed by atoms with van der Waals surface area (Å²) < 4.78 is 1.58. The molecule has 22 heavy (non-hydrogen) atoms. The lowest BCUT2D eigenvalue weighted by molar-refractivity contribution is -0.137. The first-order chi connectivity index (χ1) is 10.4.